The highest BCUT2D eigenvalue weighted by atomic mass is 16.6. The third-order valence-corrected chi connectivity index (χ3v) is 6.16. The Kier molecular flexibility index (Phi) is 4.91. The van der Waals surface area contributed by atoms with E-state index in [0.29, 0.717) is 0 Å². The molecular weight excluding hydrogens is 442 g/mol. The van der Waals surface area contributed by atoms with Gasteiger partial charge in [-0.05, 0) is 18.2 Å². The molecule has 1 aliphatic rings. The zero-order valence-electron chi connectivity index (χ0n) is 17.5. The molecular formula is C25H17NO8. The molecule has 0 fully saturated rings. The number of ether oxygens (including phenoxy) is 1. The maximum atomic E-state index is 13.5. The van der Waals surface area contributed by atoms with Crippen LogP contribution in [0.2, 0.25) is 0 Å². The van der Waals surface area contributed by atoms with Crippen molar-refractivity contribution in [2.45, 2.75) is 17.9 Å². The molecule has 0 radical (unpaired) electrons. The van der Waals surface area contributed by atoms with Crippen molar-refractivity contribution in [1.82, 2.24) is 0 Å². The van der Waals surface area contributed by atoms with E-state index in [1.54, 1.807) is 24.3 Å². The fourth-order valence-electron chi connectivity index (χ4n) is 4.51. The number of carbonyl (C=O) groups excluding carboxylic acids is 1. The zero-order valence-corrected chi connectivity index (χ0v) is 17.5. The van der Waals surface area contributed by atoms with Gasteiger partial charge in [0.05, 0.1) is 21.4 Å². The molecule has 34 heavy (non-hydrogen) atoms. The first-order valence-corrected chi connectivity index (χ1v) is 10.3. The number of nitro benzene ring substituents is 1. The second-order valence-electron chi connectivity index (χ2n) is 7.97. The molecule has 9 nitrogen and oxygen atoms in total. The van der Waals surface area contributed by atoms with Gasteiger partial charge in [-0.25, -0.2) is 4.79 Å². The van der Waals surface area contributed by atoms with Crippen molar-refractivity contribution in [2.24, 2.45) is 0 Å². The highest BCUT2D eigenvalue weighted by Gasteiger charge is 2.56. The number of nitrogens with zero attached hydrogens (tertiary/aromatic N) is 1. The number of nitro groups is 1. The van der Waals surface area contributed by atoms with Crippen molar-refractivity contribution in [2.75, 3.05) is 0 Å². The van der Waals surface area contributed by atoms with Gasteiger partial charge in [0.15, 0.2) is 0 Å². The van der Waals surface area contributed by atoms with E-state index in [9.17, 15) is 29.9 Å². The average molecular weight is 459 g/mol. The Morgan fingerprint density at radius 2 is 1.65 bits per heavy atom. The summed E-state index contributed by atoms with van der Waals surface area (Å²) in [6.45, 7) is 0. The summed E-state index contributed by atoms with van der Waals surface area (Å²) >= 11 is 0. The third kappa shape index (κ3) is 3.06. The first-order chi connectivity index (χ1) is 16.3. The number of benzene rings is 3. The summed E-state index contributed by atoms with van der Waals surface area (Å²) in [6.07, 6.45) is -2.23. The van der Waals surface area contributed by atoms with Crippen LogP contribution < -0.4 is 10.4 Å². The van der Waals surface area contributed by atoms with Gasteiger partial charge in [0.25, 0.3) is 5.69 Å². The second kappa shape index (κ2) is 7.82. The number of carbonyl (C=O) groups is 1. The Hall–Kier alpha value is -4.50. The fourth-order valence-corrected chi connectivity index (χ4v) is 4.51. The lowest BCUT2D eigenvalue weighted by Crippen LogP contribution is -2.50. The van der Waals surface area contributed by atoms with Crippen LogP contribution in [-0.4, -0.2) is 21.1 Å². The van der Waals surface area contributed by atoms with Crippen molar-refractivity contribution < 1.29 is 29.1 Å². The van der Waals surface area contributed by atoms with Crippen molar-refractivity contribution >= 4 is 22.6 Å². The SMILES string of the molecule is O=C1Oc2ccccc2C(O)C1(Cc1c(O)c2ccccc2oc1=O)c1ccccc1[N+](=O)[O-]. The van der Waals surface area contributed by atoms with E-state index in [1.807, 2.05) is 0 Å². The number of esters is 1. The quantitative estimate of drug-likeness (QED) is 0.155. The van der Waals surface area contributed by atoms with Crippen LogP contribution in [0.25, 0.3) is 11.0 Å². The van der Waals surface area contributed by atoms with Gasteiger partial charge in [-0.3, -0.25) is 14.9 Å². The van der Waals surface area contributed by atoms with Crippen LogP contribution in [0.1, 0.15) is 22.8 Å². The van der Waals surface area contributed by atoms with Crippen molar-refractivity contribution in [3.05, 3.63) is 110 Å². The van der Waals surface area contributed by atoms with Gasteiger partial charge in [0, 0.05) is 18.1 Å². The summed E-state index contributed by atoms with van der Waals surface area (Å²) in [5.74, 6) is -1.34. The Morgan fingerprint density at radius 1 is 0.971 bits per heavy atom. The highest BCUT2D eigenvalue weighted by Crippen LogP contribution is 2.50. The number of rotatable bonds is 4. The second-order valence-corrected chi connectivity index (χ2v) is 7.97. The number of hydrogen-bond acceptors (Lipinski definition) is 8. The van der Waals surface area contributed by atoms with Crippen molar-refractivity contribution in [1.29, 1.82) is 0 Å². The van der Waals surface area contributed by atoms with Crippen LogP contribution in [0.4, 0.5) is 5.69 Å². The van der Waals surface area contributed by atoms with Gasteiger partial charge in [-0.15, -0.1) is 0 Å². The number of fused-ring (bicyclic) bond motifs is 2. The molecule has 2 heterocycles. The molecule has 3 aromatic carbocycles. The minimum Gasteiger partial charge on any atom is -0.507 e. The molecule has 170 valence electrons. The normalized spacial score (nSPS) is 19.4. The van der Waals surface area contributed by atoms with Gasteiger partial charge in [0.1, 0.15) is 28.6 Å². The summed E-state index contributed by atoms with van der Waals surface area (Å²) in [4.78, 5) is 37.6. The van der Waals surface area contributed by atoms with E-state index in [1.165, 1.54) is 48.5 Å². The lowest BCUT2D eigenvalue weighted by atomic mass is 9.67. The highest BCUT2D eigenvalue weighted by molar-refractivity contribution is 5.91. The number of hydrogen-bond donors (Lipinski definition) is 2. The molecule has 0 bridgehead atoms. The Labute approximate surface area is 191 Å². The number of para-hydroxylation sites is 3. The van der Waals surface area contributed by atoms with Crippen molar-refractivity contribution in [3.63, 3.8) is 0 Å². The van der Waals surface area contributed by atoms with Crippen LogP contribution >= 0.6 is 0 Å². The predicted molar refractivity (Wildman–Crippen MR) is 120 cm³/mol. The summed E-state index contributed by atoms with van der Waals surface area (Å²) in [5.41, 5.74) is -3.62. The first-order valence-electron chi connectivity index (χ1n) is 10.3. The van der Waals surface area contributed by atoms with Gasteiger partial charge in [-0.1, -0.05) is 48.5 Å². The summed E-state index contributed by atoms with van der Waals surface area (Å²) < 4.78 is 10.8. The molecule has 0 saturated carbocycles. The smallest absolute Gasteiger partial charge is 0.343 e. The molecule has 2 N–H and O–H groups in total. The maximum Gasteiger partial charge on any atom is 0.343 e. The molecule has 0 amide bonds. The molecule has 1 aromatic heterocycles. The monoisotopic (exact) mass is 459 g/mol. The molecule has 2 unspecified atom stereocenters. The molecule has 0 spiro atoms. The number of aromatic hydroxyl groups is 1. The molecule has 4 aromatic rings. The van der Waals surface area contributed by atoms with Crippen LogP contribution in [0.3, 0.4) is 0 Å². The van der Waals surface area contributed by atoms with Gasteiger partial charge in [0.2, 0.25) is 0 Å². The minimum absolute atomic E-state index is 0.101. The summed E-state index contributed by atoms with van der Waals surface area (Å²) in [6, 6.07) is 17.9. The van der Waals surface area contributed by atoms with Crippen LogP contribution in [0.5, 0.6) is 11.5 Å². The number of aliphatic hydroxyl groups excluding tert-OH is 1. The largest absolute Gasteiger partial charge is 0.507 e. The van der Waals surface area contributed by atoms with Crippen LogP contribution in [-0.2, 0) is 16.6 Å². The maximum absolute atomic E-state index is 13.5. The Bertz CT molecular complexity index is 1530. The minimum atomic E-state index is -2.12. The van der Waals surface area contributed by atoms with Crippen molar-refractivity contribution in [3.8, 4) is 11.5 Å². The average Bonchev–Trinajstić information content (AvgIpc) is 2.84. The van der Waals surface area contributed by atoms with E-state index in [4.69, 9.17) is 9.15 Å². The van der Waals surface area contributed by atoms with E-state index in [2.05, 4.69) is 0 Å². The lowest BCUT2D eigenvalue weighted by Gasteiger charge is -2.39. The Morgan fingerprint density at radius 3 is 2.44 bits per heavy atom. The number of aliphatic hydroxyl groups is 1. The van der Waals surface area contributed by atoms with E-state index in [0.717, 1.165) is 0 Å². The predicted octanol–water partition coefficient (Wildman–Crippen LogP) is 3.54. The third-order valence-electron chi connectivity index (χ3n) is 6.16. The summed E-state index contributed by atoms with van der Waals surface area (Å²) in [7, 11) is 0. The van der Waals surface area contributed by atoms with E-state index < -0.39 is 45.9 Å². The topological polar surface area (TPSA) is 140 Å². The standard InChI is InChI=1S/C25H17NO8/c27-21-14-7-1-5-11-19(14)33-23(29)16(21)13-25(17-9-3-4-10-18(17)26(31)32)22(28)15-8-2-6-12-20(15)34-24(25)30/h1-12,22,27-28H,13H2. The van der Waals surface area contributed by atoms with Crippen LogP contribution in [0, 0.1) is 10.1 Å². The zero-order chi connectivity index (χ0) is 24.0. The molecule has 5 rings (SSSR count). The Balaban J connectivity index is 1.82. The molecule has 1 aliphatic heterocycles. The van der Waals surface area contributed by atoms with Crippen LogP contribution in [0.15, 0.2) is 82.0 Å². The van der Waals surface area contributed by atoms with E-state index >= 15 is 0 Å². The molecule has 0 aliphatic carbocycles. The lowest BCUT2D eigenvalue weighted by molar-refractivity contribution is -0.386. The first kappa shape index (κ1) is 21.4. The molecule has 0 saturated heterocycles. The molecule has 2 atom stereocenters. The summed E-state index contributed by atoms with van der Waals surface area (Å²) in [5, 5.41) is 34.5. The van der Waals surface area contributed by atoms with Gasteiger partial charge < -0.3 is 19.4 Å². The van der Waals surface area contributed by atoms with E-state index in [-0.39, 0.29) is 33.4 Å². The van der Waals surface area contributed by atoms with Gasteiger partial charge in [-0.2, -0.15) is 0 Å². The van der Waals surface area contributed by atoms with Gasteiger partial charge >= 0.3 is 11.6 Å². The molecule has 9 heteroatoms. The fraction of sp³-hybridized carbons (Fsp3) is 0.120.